The van der Waals surface area contributed by atoms with Gasteiger partial charge in [-0.3, -0.25) is 14.4 Å². The van der Waals surface area contributed by atoms with Crippen LogP contribution in [0.15, 0.2) is 10.7 Å². The summed E-state index contributed by atoms with van der Waals surface area (Å²) in [5.74, 6) is -2.57. The Morgan fingerprint density at radius 3 is 2.07 bits per heavy atom. The van der Waals surface area contributed by atoms with Gasteiger partial charge in [0.15, 0.2) is 5.89 Å². The lowest BCUT2D eigenvalue weighted by Gasteiger charge is -2.30. The first-order chi connectivity index (χ1) is 20.3. The molecule has 44 heavy (non-hydrogen) atoms. The number of oxazole rings is 1. The number of nitrogens with zero attached hydrogens (tertiary/aromatic N) is 1. The van der Waals surface area contributed by atoms with Crippen LogP contribution in [-0.2, 0) is 35.6 Å². The molecule has 4 amide bonds. The first-order valence-corrected chi connectivity index (χ1v) is 16.9. The van der Waals surface area contributed by atoms with E-state index in [0.717, 1.165) is 6.26 Å². The fraction of sp³-hybridized carbons (Fsp3) is 0.759. The van der Waals surface area contributed by atoms with Gasteiger partial charge in [0.25, 0.3) is 0 Å². The van der Waals surface area contributed by atoms with E-state index in [4.69, 9.17) is 9.15 Å². The number of carbonyl (C=O) groups excluding carboxylic acids is 4. The fourth-order valence-electron chi connectivity index (χ4n) is 4.27. The summed E-state index contributed by atoms with van der Waals surface area (Å²) >= 11 is 0. The fourth-order valence-corrected chi connectivity index (χ4v) is 5.11. The smallest absolute Gasteiger partial charge is 0.408 e. The van der Waals surface area contributed by atoms with Crippen molar-refractivity contribution >= 4 is 33.7 Å². The molecule has 1 aromatic heterocycles. The molecule has 0 radical (unpaired) electrons. The molecule has 0 aliphatic heterocycles. The van der Waals surface area contributed by atoms with Gasteiger partial charge in [0.1, 0.15) is 40.5 Å². The van der Waals surface area contributed by atoms with Crippen molar-refractivity contribution in [2.45, 2.75) is 99.1 Å². The van der Waals surface area contributed by atoms with Crippen LogP contribution < -0.4 is 21.3 Å². The predicted molar refractivity (Wildman–Crippen MR) is 164 cm³/mol. The maximum absolute atomic E-state index is 13.2. The van der Waals surface area contributed by atoms with Crippen molar-refractivity contribution in [1.82, 2.24) is 26.3 Å². The lowest BCUT2D eigenvalue weighted by atomic mass is 9.91. The van der Waals surface area contributed by atoms with Gasteiger partial charge in [0, 0.05) is 25.6 Å². The second kappa shape index (κ2) is 17.9. The first kappa shape index (κ1) is 38.8. The van der Waals surface area contributed by atoms with Crippen molar-refractivity contribution in [2.24, 2.45) is 23.7 Å². The van der Waals surface area contributed by atoms with E-state index in [1.807, 2.05) is 41.5 Å². The number of aliphatic hydroxyl groups is 1. The van der Waals surface area contributed by atoms with Gasteiger partial charge in [-0.1, -0.05) is 48.5 Å². The Labute approximate surface area is 260 Å². The minimum Gasteiger partial charge on any atom is -0.449 e. The number of alkyl carbamates (subject to hydrolysis) is 1. The molecule has 0 spiro atoms. The van der Waals surface area contributed by atoms with Crippen molar-refractivity contribution in [2.75, 3.05) is 18.6 Å². The van der Waals surface area contributed by atoms with Crippen LogP contribution in [0.4, 0.5) is 4.79 Å². The van der Waals surface area contributed by atoms with Crippen molar-refractivity contribution in [3.63, 3.8) is 0 Å². The van der Waals surface area contributed by atoms with Crippen LogP contribution in [0.3, 0.4) is 0 Å². The zero-order valence-corrected chi connectivity index (χ0v) is 28.1. The monoisotopic (exact) mass is 645 g/mol. The third-order valence-corrected chi connectivity index (χ3v) is 7.53. The van der Waals surface area contributed by atoms with E-state index in [1.165, 1.54) is 6.26 Å². The zero-order chi connectivity index (χ0) is 33.8. The number of hydrogen-bond donors (Lipinski definition) is 5. The Hall–Kier alpha value is -3.20. The molecule has 252 valence electrons. The van der Waals surface area contributed by atoms with Crippen LogP contribution in [0.25, 0.3) is 0 Å². The molecular formula is C29H51N5O9S. The second-order valence-electron chi connectivity index (χ2n) is 12.5. The van der Waals surface area contributed by atoms with Crippen LogP contribution in [-0.4, -0.2) is 85.1 Å². The van der Waals surface area contributed by atoms with Crippen molar-refractivity contribution in [3.05, 3.63) is 17.8 Å². The molecule has 0 aliphatic carbocycles. The molecule has 1 rings (SSSR count). The van der Waals surface area contributed by atoms with Gasteiger partial charge in [0.2, 0.25) is 17.7 Å². The average molecular weight is 646 g/mol. The summed E-state index contributed by atoms with van der Waals surface area (Å²) < 4.78 is 34.2. The normalized spacial score (nSPS) is 15.3. The van der Waals surface area contributed by atoms with Crippen molar-refractivity contribution < 1.29 is 41.9 Å². The Morgan fingerprint density at radius 1 is 0.932 bits per heavy atom. The van der Waals surface area contributed by atoms with E-state index < -0.39 is 63.6 Å². The summed E-state index contributed by atoms with van der Waals surface area (Å²) in [5, 5.41) is 21.6. The lowest BCUT2D eigenvalue weighted by molar-refractivity contribution is -0.132. The molecule has 0 saturated heterocycles. The highest BCUT2D eigenvalue weighted by molar-refractivity contribution is 7.90. The number of aryl methyl sites for hydroxylation is 1. The molecule has 5 N–H and O–H groups in total. The number of carbonyl (C=O) groups is 4. The highest BCUT2D eigenvalue weighted by Crippen LogP contribution is 2.17. The number of aromatic nitrogens is 1. The van der Waals surface area contributed by atoms with Gasteiger partial charge in [-0.25, -0.2) is 18.2 Å². The van der Waals surface area contributed by atoms with Crippen molar-refractivity contribution in [1.29, 1.82) is 0 Å². The molecule has 0 bridgehead atoms. The average Bonchev–Trinajstić information content (AvgIpc) is 3.31. The number of rotatable bonds is 18. The quantitative estimate of drug-likeness (QED) is 0.155. The maximum Gasteiger partial charge on any atom is 0.408 e. The Morgan fingerprint density at radius 2 is 1.57 bits per heavy atom. The molecule has 0 unspecified atom stereocenters. The van der Waals surface area contributed by atoms with E-state index in [9.17, 15) is 32.7 Å². The minimum absolute atomic E-state index is 0.00579. The van der Waals surface area contributed by atoms with Gasteiger partial charge < -0.3 is 35.5 Å². The van der Waals surface area contributed by atoms with Crippen molar-refractivity contribution in [3.8, 4) is 0 Å². The summed E-state index contributed by atoms with van der Waals surface area (Å²) in [6, 6.07) is -3.15. The van der Waals surface area contributed by atoms with Gasteiger partial charge in [-0.2, -0.15) is 0 Å². The number of sulfone groups is 1. The third-order valence-electron chi connectivity index (χ3n) is 6.59. The number of ether oxygens (including phenoxy) is 1. The minimum atomic E-state index is -3.73. The number of nitrogens with one attached hydrogen (secondary N) is 4. The molecule has 5 atom stereocenters. The largest absolute Gasteiger partial charge is 0.449 e. The topological polar surface area (TPSA) is 206 Å². The van der Waals surface area contributed by atoms with Crippen LogP contribution in [0.2, 0.25) is 0 Å². The summed E-state index contributed by atoms with van der Waals surface area (Å²) in [6.07, 6.45) is 0.230. The second-order valence-corrected chi connectivity index (χ2v) is 14.7. The SMILES string of the molecule is Cc1nc(COC(=O)N[C@@H](CS(C)(=O)=O)C(=O)N[C@H](CC(C)C)[C@@H](O)C[C@@H](C)C(=O)N[C@@H](C(=O)NCC(C)C)C(C)C)co1. The highest BCUT2D eigenvalue weighted by Gasteiger charge is 2.33. The van der Waals surface area contributed by atoms with Crippen LogP contribution in [0, 0.1) is 30.6 Å². The lowest BCUT2D eigenvalue weighted by Crippen LogP contribution is -2.55. The molecule has 1 heterocycles. The Kier molecular flexibility index (Phi) is 15.8. The van der Waals surface area contributed by atoms with E-state index in [1.54, 1.807) is 13.8 Å². The summed E-state index contributed by atoms with van der Waals surface area (Å²) in [5.41, 5.74) is 0.330. The van der Waals surface area contributed by atoms with E-state index in [2.05, 4.69) is 26.3 Å². The van der Waals surface area contributed by atoms with Gasteiger partial charge in [0.05, 0.1) is 17.9 Å². The molecular weight excluding hydrogens is 594 g/mol. The first-order valence-electron chi connectivity index (χ1n) is 14.9. The molecule has 0 aliphatic rings. The third kappa shape index (κ3) is 15.0. The number of amides is 4. The van der Waals surface area contributed by atoms with Crippen LogP contribution in [0.1, 0.15) is 72.9 Å². The summed E-state index contributed by atoms with van der Waals surface area (Å²) in [6.45, 7) is 14.7. The maximum atomic E-state index is 13.2. The Bertz CT molecular complexity index is 1200. The molecule has 0 aromatic carbocycles. The molecule has 15 heteroatoms. The van der Waals surface area contributed by atoms with Crippen LogP contribution >= 0.6 is 0 Å². The zero-order valence-electron chi connectivity index (χ0n) is 27.3. The molecule has 1 aromatic rings. The van der Waals surface area contributed by atoms with Gasteiger partial charge >= 0.3 is 6.09 Å². The summed E-state index contributed by atoms with van der Waals surface area (Å²) in [7, 11) is -3.73. The predicted octanol–water partition coefficient (Wildman–Crippen LogP) is 1.45. The number of hydrogen-bond acceptors (Lipinski definition) is 10. The molecule has 14 nitrogen and oxygen atoms in total. The number of aliphatic hydroxyl groups excluding tert-OH is 1. The molecule has 0 fully saturated rings. The Balaban J connectivity index is 2.95. The standard InChI is InChI=1S/C29H51N5O9S/c1-16(2)10-22(24(35)11-19(7)26(36)34-25(18(5)6)28(38)30-12-17(3)4)32-27(37)23(15-44(9,40)41)33-29(39)43-14-21-13-42-20(8)31-21/h13,16-19,22-25,35H,10-12,14-15H2,1-9H3,(H,30,38)(H,32,37)(H,33,39)(H,34,36)/t19-,22-,23+,24+,25-/m1/s1. The van der Waals surface area contributed by atoms with Crippen LogP contribution in [0.5, 0.6) is 0 Å². The van der Waals surface area contributed by atoms with Gasteiger partial charge in [-0.05, 0) is 30.6 Å². The van der Waals surface area contributed by atoms with E-state index >= 15 is 0 Å². The summed E-state index contributed by atoms with van der Waals surface area (Å²) in [4.78, 5) is 55.3. The highest BCUT2D eigenvalue weighted by atomic mass is 32.2. The molecule has 0 saturated carbocycles. The van der Waals surface area contributed by atoms with E-state index in [-0.39, 0.29) is 36.7 Å². The van der Waals surface area contributed by atoms with E-state index in [0.29, 0.717) is 24.6 Å². The van der Waals surface area contributed by atoms with Gasteiger partial charge in [-0.15, -0.1) is 0 Å².